The molecule has 1 nitrogen and oxygen atoms in total. The van der Waals surface area contributed by atoms with Crippen LogP contribution < -0.4 is 0 Å². The third-order valence-electron chi connectivity index (χ3n) is 3.98. The summed E-state index contributed by atoms with van der Waals surface area (Å²) in [7, 11) is 1.85. The van der Waals surface area contributed by atoms with Gasteiger partial charge in [-0.25, -0.2) is 0 Å². The van der Waals surface area contributed by atoms with Gasteiger partial charge in [-0.3, -0.25) is 4.99 Å². The summed E-state index contributed by atoms with van der Waals surface area (Å²) in [5.41, 5.74) is 6.34. The Morgan fingerprint density at radius 3 is 2.33 bits per heavy atom. The predicted molar refractivity (Wildman–Crippen MR) is 95.0 cm³/mol. The molecule has 1 atom stereocenters. The maximum Gasteiger partial charge on any atom is 0.0388 e. The number of allylic oxidation sites excluding steroid dienone is 5. The van der Waals surface area contributed by atoms with Gasteiger partial charge in [-0.05, 0) is 49.8 Å². The van der Waals surface area contributed by atoms with Crippen LogP contribution in [0.4, 0.5) is 0 Å². The van der Waals surface area contributed by atoms with Crippen molar-refractivity contribution in [3.8, 4) is 0 Å². The second-order valence-electron chi connectivity index (χ2n) is 5.54. The molecular weight excluding hydrogens is 254 g/mol. The van der Waals surface area contributed by atoms with E-state index in [0.29, 0.717) is 5.92 Å². The van der Waals surface area contributed by atoms with Gasteiger partial charge in [-0.2, -0.15) is 0 Å². The number of hydrogen-bond donors (Lipinski definition) is 0. The monoisotopic (exact) mass is 281 g/mol. The minimum Gasteiger partial charge on any atom is -0.293 e. The molecule has 1 aromatic rings. The van der Waals surface area contributed by atoms with Crippen LogP contribution in [0, 0.1) is 5.92 Å². The smallest absolute Gasteiger partial charge is 0.0388 e. The lowest BCUT2D eigenvalue weighted by Gasteiger charge is -2.19. The molecule has 0 saturated heterocycles. The largest absolute Gasteiger partial charge is 0.293 e. The van der Waals surface area contributed by atoms with Crippen molar-refractivity contribution in [2.45, 2.75) is 34.1 Å². The molecule has 112 valence electrons. The minimum atomic E-state index is 0.479. The number of rotatable bonds is 6. The van der Waals surface area contributed by atoms with E-state index in [1.165, 1.54) is 22.3 Å². The standard InChI is InChI=1S/C20H27N/c1-7-11-15(2)20(18(5)21-6)17(4)16(3)14-19-12-9-8-10-13-19/h7-13,16H,1,14H2,2-6H3/b15-11-,20-17-,21-18?. The Balaban J connectivity index is 3.14. The quantitative estimate of drug-likeness (QED) is 0.488. The third-order valence-corrected chi connectivity index (χ3v) is 3.98. The van der Waals surface area contributed by atoms with Crippen molar-refractivity contribution < 1.29 is 0 Å². The normalized spacial score (nSPS) is 15.5. The molecular formula is C20H27N. The second kappa shape index (κ2) is 8.41. The molecule has 0 heterocycles. The van der Waals surface area contributed by atoms with E-state index in [2.05, 4.69) is 75.7 Å². The van der Waals surface area contributed by atoms with Crippen LogP contribution in [0.25, 0.3) is 0 Å². The Labute approximate surface area is 129 Å². The van der Waals surface area contributed by atoms with Crippen molar-refractivity contribution in [1.82, 2.24) is 0 Å². The van der Waals surface area contributed by atoms with Gasteiger partial charge in [0.05, 0.1) is 0 Å². The molecule has 0 aliphatic rings. The summed E-state index contributed by atoms with van der Waals surface area (Å²) >= 11 is 0. The molecule has 1 aromatic carbocycles. The van der Waals surface area contributed by atoms with Crippen LogP contribution in [-0.2, 0) is 6.42 Å². The van der Waals surface area contributed by atoms with Crippen molar-refractivity contribution >= 4 is 5.71 Å². The van der Waals surface area contributed by atoms with E-state index >= 15 is 0 Å². The molecule has 0 aliphatic carbocycles. The number of nitrogens with zero attached hydrogens (tertiary/aromatic N) is 1. The third kappa shape index (κ3) is 4.86. The van der Waals surface area contributed by atoms with Crippen LogP contribution in [0.15, 0.2) is 70.8 Å². The van der Waals surface area contributed by atoms with Crippen molar-refractivity contribution in [3.05, 3.63) is 71.3 Å². The van der Waals surface area contributed by atoms with Crippen molar-refractivity contribution in [2.75, 3.05) is 7.05 Å². The molecule has 0 radical (unpaired) electrons. The first-order chi connectivity index (χ1) is 10.0. The van der Waals surface area contributed by atoms with Crippen molar-refractivity contribution in [1.29, 1.82) is 0 Å². The molecule has 0 aliphatic heterocycles. The van der Waals surface area contributed by atoms with Crippen LogP contribution in [-0.4, -0.2) is 12.8 Å². The Morgan fingerprint density at radius 1 is 1.19 bits per heavy atom. The molecule has 0 bridgehead atoms. The first kappa shape index (κ1) is 17.2. The highest BCUT2D eigenvalue weighted by Crippen LogP contribution is 2.25. The first-order valence-corrected chi connectivity index (χ1v) is 7.49. The molecule has 1 heteroatoms. The second-order valence-corrected chi connectivity index (χ2v) is 5.54. The van der Waals surface area contributed by atoms with E-state index in [1.807, 2.05) is 13.1 Å². The lowest BCUT2D eigenvalue weighted by Crippen LogP contribution is -2.10. The Kier molecular flexibility index (Phi) is 6.87. The topological polar surface area (TPSA) is 12.4 Å². The SMILES string of the molecule is C=C/C=C(C)\C(C(C)=NC)=C(/C)C(C)Cc1ccccc1. The van der Waals surface area contributed by atoms with Gasteiger partial charge in [0.1, 0.15) is 0 Å². The summed E-state index contributed by atoms with van der Waals surface area (Å²) in [5.74, 6) is 0.479. The highest BCUT2D eigenvalue weighted by Gasteiger charge is 2.14. The van der Waals surface area contributed by atoms with E-state index in [9.17, 15) is 0 Å². The molecule has 21 heavy (non-hydrogen) atoms. The fraction of sp³-hybridized carbons (Fsp3) is 0.350. The molecule has 0 spiro atoms. The maximum atomic E-state index is 4.39. The zero-order chi connectivity index (χ0) is 15.8. The van der Waals surface area contributed by atoms with Crippen LogP contribution in [0.1, 0.15) is 33.3 Å². The fourth-order valence-corrected chi connectivity index (χ4v) is 2.62. The van der Waals surface area contributed by atoms with E-state index < -0.39 is 0 Å². The summed E-state index contributed by atoms with van der Waals surface area (Å²) in [6.07, 6.45) is 4.95. The van der Waals surface area contributed by atoms with Crippen LogP contribution >= 0.6 is 0 Å². The molecule has 0 fully saturated rings. The Morgan fingerprint density at radius 2 is 1.81 bits per heavy atom. The van der Waals surface area contributed by atoms with E-state index in [0.717, 1.165) is 12.1 Å². The Bertz CT molecular complexity index is 559. The maximum absolute atomic E-state index is 4.39. The van der Waals surface area contributed by atoms with Crippen LogP contribution in [0.5, 0.6) is 0 Å². The summed E-state index contributed by atoms with van der Waals surface area (Å²) < 4.78 is 0. The molecule has 1 rings (SSSR count). The van der Waals surface area contributed by atoms with E-state index in [4.69, 9.17) is 0 Å². The zero-order valence-electron chi connectivity index (χ0n) is 14.0. The molecule has 0 saturated carbocycles. The molecule has 0 N–H and O–H groups in total. The highest BCUT2D eigenvalue weighted by atomic mass is 14.7. The van der Waals surface area contributed by atoms with Crippen LogP contribution in [0.3, 0.4) is 0 Å². The number of benzene rings is 1. The van der Waals surface area contributed by atoms with Gasteiger partial charge in [0.25, 0.3) is 0 Å². The fourth-order valence-electron chi connectivity index (χ4n) is 2.62. The summed E-state index contributed by atoms with van der Waals surface area (Å²) in [6.45, 7) is 12.5. The van der Waals surface area contributed by atoms with Gasteiger partial charge in [-0.15, -0.1) is 0 Å². The zero-order valence-corrected chi connectivity index (χ0v) is 14.0. The molecule has 0 aromatic heterocycles. The lowest BCUT2D eigenvalue weighted by atomic mass is 9.87. The van der Waals surface area contributed by atoms with Gasteiger partial charge in [-0.1, -0.05) is 61.6 Å². The van der Waals surface area contributed by atoms with Crippen molar-refractivity contribution in [3.63, 3.8) is 0 Å². The van der Waals surface area contributed by atoms with Gasteiger partial charge < -0.3 is 0 Å². The van der Waals surface area contributed by atoms with Gasteiger partial charge in [0, 0.05) is 12.8 Å². The van der Waals surface area contributed by atoms with E-state index in [-0.39, 0.29) is 0 Å². The summed E-state index contributed by atoms with van der Waals surface area (Å²) in [4.78, 5) is 4.39. The predicted octanol–water partition coefficient (Wildman–Crippen LogP) is 5.40. The molecule has 1 unspecified atom stereocenters. The summed E-state index contributed by atoms with van der Waals surface area (Å²) in [5, 5.41) is 0. The molecule has 0 amide bonds. The first-order valence-electron chi connectivity index (χ1n) is 7.49. The average Bonchev–Trinajstić information content (AvgIpc) is 2.48. The number of aliphatic imine (C=N–C) groups is 1. The Hall–Kier alpha value is -1.89. The van der Waals surface area contributed by atoms with Gasteiger partial charge in [0.15, 0.2) is 0 Å². The lowest BCUT2D eigenvalue weighted by molar-refractivity contribution is 0.674. The van der Waals surface area contributed by atoms with Gasteiger partial charge >= 0.3 is 0 Å². The minimum absolute atomic E-state index is 0.479. The van der Waals surface area contributed by atoms with Crippen LogP contribution in [0.2, 0.25) is 0 Å². The van der Waals surface area contributed by atoms with E-state index in [1.54, 1.807) is 0 Å². The van der Waals surface area contributed by atoms with Gasteiger partial charge in [0.2, 0.25) is 0 Å². The highest BCUT2D eigenvalue weighted by molar-refractivity contribution is 6.02. The summed E-state index contributed by atoms with van der Waals surface area (Å²) in [6, 6.07) is 10.6. The number of hydrogen-bond acceptors (Lipinski definition) is 1. The average molecular weight is 281 g/mol. The van der Waals surface area contributed by atoms with Crippen molar-refractivity contribution in [2.24, 2.45) is 10.9 Å².